The average Bonchev–Trinajstić information content (AvgIpc) is 2.59. The first-order valence-corrected chi connectivity index (χ1v) is 7.14. The highest BCUT2D eigenvalue weighted by Gasteiger charge is 2.12. The average molecular weight is 326 g/mol. The van der Waals surface area contributed by atoms with E-state index in [1.54, 1.807) is 25.3 Å². The first kappa shape index (κ1) is 15.6. The monoisotopic (exact) mass is 326 g/mol. The third-order valence-corrected chi connectivity index (χ3v) is 3.50. The second-order valence-electron chi connectivity index (χ2n) is 5.09. The van der Waals surface area contributed by atoms with Crippen LogP contribution in [0.4, 0.5) is 0 Å². The van der Waals surface area contributed by atoms with E-state index in [0.717, 1.165) is 11.3 Å². The molecule has 0 aliphatic carbocycles. The Morgan fingerprint density at radius 3 is 2.46 bits per heavy atom. The summed E-state index contributed by atoms with van der Waals surface area (Å²) < 4.78 is 15.8. The summed E-state index contributed by atoms with van der Waals surface area (Å²) in [5.41, 5.74) is -0.0486. The lowest BCUT2D eigenvalue weighted by Gasteiger charge is -2.08. The Hall–Kier alpha value is -3.28. The highest BCUT2D eigenvalue weighted by molar-refractivity contribution is 5.91. The summed E-state index contributed by atoms with van der Waals surface area (Å²) in [7, 11) is 1.60. The van der Waals surface area contributed by atoms with Gasteiger partial charge in [0.2, 0.25) is 0 Å². The molecule has 122 valence electrons. The summed E-state index contributed by atoms with van der Waals surface area (Å²) in [5, 5.41) is 9.45. The number of carboxylic acids is 1. The quantitative estimate of drug-likeness (QED) is 0.725. The highest BCUT2D eigenvalue weighted by atomic mass is 16.5. The van der Waals surface area contributed by atoms with Gasteiger partial charge in [0.25, 0.3) is 0 Å². The smallest absolute Gasteiger partial charge is 0.351 e. The van der Waals surface area contributed by atoms with E-state index in [4.69, 9.17) is 19.0 Å². The molecule has 0 aliphatic rings. The minimum Gasteiger partial charge on any atom is -0.497 e. The number of hydrogen-bond acceptors (Lipinski definition) is 5. The second kappa shape index (κ2) is 6.45. The molecule has 3 aromatic rings. The van der Waals surface area contributed by atoms with Gasteiger partial charge in [-0.3, -0.25) is 0 Å². The van der Waals surface area contributed by atoms with Gasteiger partial charge in [-0.1, -0.05) is 12.1 Å². The number of aromatic carboxylic acids is 1. The maximum Gasteiger partial charge on any atom is 0.351 e. The maximum absolute atomic E-state index is 11.6. The lowest BCUT2D eigenvalue weighted by atomic mass is 10.2. The molecule has 6 heteroatoms. The van der Waals surface area contributed by atoms with Gasteiger partial charge in [0.05, 0.1) is 7.11 Å². The predicted molar refractivity (Wildman–Crippen MR) is 86.8 cm³/mol. The van der Waals surface area contributed by atoms with Crippen molar-refractivity contribution in [2.75, 3.05) is 7.11 Å². The lowest BCUT2D eigenvalue weighted by Crippen LogP contribution is -2.12. The van der Waals surface area contributed by atoms with Crippen LogP contribution in [-0.2, 0) is 6.61 Å². The van der Waals surface area contributed by atoms with Crippen LogP contribution in [0.1, 0.15) is 15.9 Å². The number of ether oxygens (including phenoxy) is 2. The molecule has 0 amide bonds. The van der Waals surface area contributed by atoms with Crippen molar-refractivity contribution in [3.63, 3.8) is 0 Å². The SMILES string of the molecule is COc1ccc(COc2ccc3cc(C(=O)O)c(=O)oc3c2)cc1. The van der Waals surface area contributed by atoms with Crippen molar-refractivity contribution in [1.82, 2.24) is 0 Å². The molecule has 1 N–H and O–H groups in total. The van der Waals surface area contributed by atoms with E-state index in [1.807, 2.05) is 24.3 Å². The van der Waals surface area contributed by atoms with E-state index in [0.29, 0.717) is 17.7 Å². The van der Waals surface area contributed by atoms with Crippen LogP contribution in [0.3, 0.4) is 0 Å². The molecular formula is C18H14O6. The zero-order valence-corrected chi connectivity index (χ0v) is 12.8. The van der Waals surface area contributed by atoms with Gasteiger partial charge in [-0.05, 0) is 35.9 Å². The fourth-order valence-electron chi connectivity index (χ4n) is 2.22. The number of carbonyl (C=O) groups is 1. The second-order valence-corrected chi connectivity index (χ2v) is 5.09. The van der Waals surface area contributed by atoms with Gasteiger partial charge in [0.1, 0.15) is 29.3 Å². The first-order valence-electron chi connectivity index (χ1n) is 7.14. The molecule has 0 saturated heterocycles. The topological polar surface area (TPSA) is 86.0 Å². The van der Waals surface area contributed by atoms with Crippen molar-refractivity contribution < 1.29 is 23.8 Å². The van der Waals surface area contributed by atoms with Crippen LogP contribution in [0.2, 0.25) is 0 Å². The minimum atomic E-state index is -1.31. The van der Waals surface area contributed by atoms with Crippen LogP contribution in [0, 0.1) is 0 Å². The molecule has 0 aliphatic heterocycles. The summed E-state index contributed by atoms with van der Waals surface area (Å²) >= 11 is 0. The predicted octanol–water partition coefficient (Wildman–Crippen LogP) is 3.08. The molecule has 0 saturated carbocycles. The van der Waals surface area contributed by atoms with E-state index in [1.165, 1.54) is 6.07 Å². The summed E-state index contributed by atoms with van der Waals surface area (Å²) in [4.78, 5) is 22.6. The Morgan fingerprint density at radius 2 is 1.79 bits per heavy atom. The zero-order valence-electron chi connectivity index (χ0n) is 12.8. The van der Waals surface area contributed by atoms with Gasteiger partial charge in [-0.25, -0.2) is 9.59 Å². The number of fused-ring (bicyclic) bond motifs is 1. The first-order chi connectivity index (χ1) is 11.6. The lowest BCUT2D eigenvalue weighted by molar-refractivity contribution is 0.0692. The molecule has 0 atom stereocenters. The molecule has 1 heterocycles. The summed E-state index contributed by atoms with van der Waals surface area (Å²) in [5.74, 6) is -0.0320. The van der Waals surface area contributed by atoms with E-state index in [9.17, 15) is 9.59 Å². The number of carboxylic acid groups (broad SMARTS) is 1. The van der Waals surface area contributed by atoms with Crippen molar-refractivity contribution in [3.05, 3.63) is 70.1 Å². The van der Waals surface area contributed by atoms with Crippen molar-refractivity contribution in [3.8, 4) is 11.5 Å². The molecule has 0 fully saturated rings. The third-order valence-electron chi connectivity index (χ3n) is 3.50. The third kappa shape index (κ3) is 3.22. The Balaban J connectivity index is 1.81. The van der Waals surface area contributed by atoms with Gasteiger partial charge in [0.15, 0.2) is 0 Å². The summed E-state index contributed by atoms with van der Waals surface area (Å²) in [6.45, 7) is 0.340. The van der Waals surface area contributed by atoms with Crippen LogP contribution in [0.15, 0.2) is 57.7 Å². The van der Waals surface area contributed by atoms with Crippen LogP contribution in [-0.4, -0.2) is 18.2 Å². The molecule has 3 rings (SSSR count). The number of benzene rings is 2. The fourth-order valence-corrected chi connectivity index (χ4v) is 2.22. The highest BCUT2D eigenvalue weighted by Crippen LogP contribution is 2.22. The van der Waals surface area contributed by atoms with E-state index in [-0.39, 0.29) is 5.58 Å². The van der Waals surface area contributed by atoms with Crippen LogP contribution in [0.5, 0.6) is 11.5 Å². The standard InChI is InChI=1S/C18H14O6/c1-22-13-5-2-11(3-6-13)10-23-14-7-4-12-8-15(17(19)20)18(21)24-16(12)9-14/h2-9H,10H2,1H3,(H,19,20). The van der Waals surface area contributed by atoms with Gasteiger partial charge >= 0.3 is 11.6 Å². The molecule has 0 bridgehead atoms. The number of rotatable bonds is 5. The van der Waals surface area contributed by atoms with Crippen molar-refractivity contribution >= 4 is 16.9 Å². The molecule has 0 spiro atoms. The molecule has 24 heavy (non-hydrogen) atoms. The Morgan fingerprint density at radius 1 is 1.08 bits per heavy atom. The summed E-state index contributed by atoms with van der Waals surface area (Å²) in [6, 6.07) is 13.6. The molecular weight excluding hydrogens is 312 g/mol. The van der Waals surface area contributed by atoms with Crippen molar-refractivity contribution in [1.29, 1.82) is 0 Å². The van der Waals surface area contributed by atoms with Gasteiger partial charge in [-0.15, -0.1) is 0 Å². The molecule has 0 radical (unpaired) electrons. The van der Waals surface area contributed by atoms with E-state index >= 15 is 0 Å². The van der Waals surface area contributed by atoms with E-state index in [2.05, 4.69) is 0 Å². The van der Waals surface area contributed by atoms with Crippen LogP contribution < -0.4 is 15.1 Å². The largest absolute Gasteiger partial charge is 0.497 e. The van der Waals surface area contributed by atoms with Gasteiger partial charge < -0.3 is 19.0 Å². The van der Waals surface area contributed by atoms with Crippen molar-refractivity contribution in [2.45, 2.75) is 6.61 Å². The fraction of sp³-hybridized carbons (Fsp3) is 0.111. The Bertz CT molecular complexity index is 940. The maximum atomic E-state index is 11.6. The Kier molecular flexibility index (Phi) is 4.20. The molecule has 6 nitrogen and oxygen atoms in total. The van der Waals surface area contributed by atoms with Crippen LogP contribution >= 0.6 is 0 Å². The molecule has 1 aromatic heterocycles. The van der Waals surface area contributed by atoms with Gasteiger partial charge in [0, 0.05) is 11.5 Å². The number of methoxy groups -OCH3 is 1. The molecule has 0 unspecified atom stereocenters. The van der Waals surface area contributed by atoms with Gasteiger partial charge in [-0.2, -0.15) is 0 Å². The zero-order chi connectivity index (χ0) is 17.1. The Labute approximate surface area is 136 Å². The van der Waals surface area contributed by atoms with Crippen molar-refractivity contribution in [2.24, 2.45) is 0 Å². The minimum absolute atomic E-state index is 0.275. The van der Waals surface area contributed by atoms with Crippen LogP contribution in [0.25, 0.3) is 11.0 Å². The number of hydrogen-bond donors (Lipinski definition) is 1. The van der Waals surface area contributed by atoms with E-state index < -0.39 is 17.2 Å². The summed E-state index contributed by atoms with van der Waals surface area (Å²) in [6.07, 6.45) is 0. The normalized spacial score (nSPS) is 10.5. The molecule has 2 aromatic carbocycles.